The van der Waals surface area contributed by atoms with Crippen molar-refractivity contribution >= 4 is 11.6 Å². The largest absolute Gasteiger partial charge is 0.488 e. The standard InChI is InChI=1S/C19H23NO2/c1-5-19(3,4)22-17-12-10-16(11-13-17)20-18(21)15-8-6-14(2)7-9-15/h6-13H,5H2,1-4H3,(H,20,21). The van der Waals surface area contributed by atoms with E-state index < -0.39 is 0 Å². The molecule has 0 unspecified atom stereocenters. The van der Waals surface area contributed by atoms with Crippen LogP contribution in [-0.4, -0.2) is 11.5 Å². The molecule has 0 atom stereocenters. The molecule has 0 radical (unpaired) electrons. The molecule has 0 saturated carbocycles. The Hall–Kier alpha value is -2.29. The highest BCUT2D eigenvalue weighted by Gasteiger charge is 2.16. The van der Waals surface area contributed by atoms with Gasteiger partial charge in [-0.05, 0) is 63.6 Å². The van der Waals surface area contributed by atoms with Gasteiger partial charge in [0.15, 0.2) is 0 Å². The van der Waals surface area contributed by atoms with E-state index in [1.165, 1.54) is 0 Å². The summed E-state index contributed by atoms with van der Waals surface area (Å²) in [5, 5.41) is 2.89. The van der Waals surface area contributed by atoms with Gasteiger partial charge in [0.1, 0.15) is 11.4 Å². The van der Waals surface area contributed by atoms with Gasteiger partial charge in [0, 0.05) is 11.3 Å². The predicted molar refractivity (Wildman–Crippen MR) is 90.6 cm³/mol. The first-order valence-electron chi connectivity index (χ1n) is 7.57. The van der Waals surface area contributed by atoms with Gasteiger partial charge in [0.2, 0.25) is 0 Å². The van der Waals surface area contributed by atoms with Gasteiger partial charge < -0.3 is 10.1 Å². The summed E-state index contributed by atoms with van der Waals surface area (Å²) in [6, 6.07) is 15.0. The zero-order valence-electron chi connectivity index (χ0n) is 13.6. The summed E-state index contributed by atoms with van der Waals surface area (Å²) in [4.78, 5) is 12.1. The zero-order chi connectivity index (χ0) is 16.2. The van der Waals surface area contributed by atoms with Crippen LogP contribution in [0.3, 0.4) is 0 Å². The minimum Gasteiger partial charge on any atom is -0.488 e. The minimum atomic E-state index is -0.188. The van der Waals surface area contributed by atoms with E-state index in [0.717, 1.165) is 23.4 Å². The lowest BCUT2D eigenvalue weighted by atomic mass is 10.1. The van der Waals surface area contributed by atoms with Crippen LogP contribution in [0.5, 0.6) is 5.75 Å². The molecule has 1 N–H and O–H groups in total. The van der Waals surface area contributed by atoms with Crippen molar-refractivity contribution in [1.29, 1.82) is 0 Å². The lowest BCUT2D eigenvalue weighted by molar-refractivity contribution is 0.102. The molecule has 116 valence electrons. The van der Waals surface area contributed by atoms with Gasteiger partial charge in [-0.1, -0.05) is 24.6 Å². The number of hydrogen-bond donors (Lipinski definition) is 1. The number of aryl methyl sites for hydroxylation is 1. The average molecular weight is 297 g/mol. The van der Waals surface area contributed by atoms with Gasteiger partial charge in [-0.15, -0.1) is 0 Å². The van der Waals surface area contributed by atoms with Crippen LogP contribution in [0.15, 0.2) is 48.5 Å². The van der Waals surface area contributed by atoms with E-state index in [-0.39, 0.29) is 11.5 Å². The average Bonchev–Trinajstić information content (AvgIpc) is 2.49. The fraction of sp³-hybridized carbons (Fsp3) is 0.316. The van der Waals surface area contributed by atoms with Crippen molar-refractivity contribution in [1.82, 2.24) is 0 Å². The van der Waals surface area contributed by atoms with Crippen molar-refractivity contribution in [2.75, 3.05) is 5.32 Å². The highest BCUT2D eigenvalue weighted by atomic mass is 16.5. The van der Waals surface area contributed by atoms with E-state index in [9.17, 15) is 4.79 Å². The number of amides is 1. The van der Waals surface area contributed by atoms with Crippen LogP contribution in [0.4, 0.5) is 5.69 Å². The van der Waals surface area contributed by atoms with E-state index in [2.05, 4.69) is 26.1 Å². The van der Waals surface area contributed by atoms with E-state index >= 15 is 0 Å². The number of ether oxygens (including phenoxy) is 1. The summed E-state index contributed by atoms with van der Waals surface area (Å²) >= 11 is 0. The second kappa shape index (κ2) is 6.65. The van der Waals surface area contributed by atoms with Crippen molar-refractivity contribution in [3.63, 3.8) is 0 Å². The predicted octanol–water partition coefficient (Wildman–Crippen LogP) is 4.81. The van der Waals surface area contributed by atoms with Gasteiger partial charge in [-0.3, -0.25) is 4.79 Å². The molecule has 0 aliphatic carbocycles. The molecule has 0 heterocycles. The fourth-order valence-electron chi connectivity index (χ4n) is 1.91. The van der Waals surface area contributed by atoms with Gasteiger partial charge in [0.05, 0.1) is 0 Å². The lowest BCUT2D eigenvalue weighted by Crippen LogP contribution is -2.26. The minimum absolute atomic E-state index is 0.109. The van der Waals surface area contributed by atoms with Crippen LogP contribution >= 0.6 is 0 Å². The Morgan fingerprint density at radius 2 is 1.64 bits per heavy atom. The quantitative estimate of drug-likeness (QED) is 0.859. The molecule has 2 rings (SSSR count). The van der Waals surface area contributed by atoms with Crippen LogP contribution < -0.4 is 10.1 Å². The molecule has 2 aromatic rings. The SMILES string of the molecule is CCC(C)(C)Oc1ccc(NC(=O)c2ccc(C)cc2)cc1. The summed E-state index contributed by atoms with van der Waals surface area (Å²) < 4.78 is 5.90. The number of nitrogens with one attached hydrogen (secondary N) is 1. The first-order chi connectivity index (χ1) is 10.4. The third-order valence-corrected chi connectivity index (χ3v) is 3.67. The molecule has 0 bridgehead atoms. The summed E-state index contributed by atoms with van der Waals surface area (Å²) in [5.74, 6) is 0.697. The lowest BCUT2D eigenvalue weighted by Gasteiger charge is -2.24. The summed E-state index contributed by atoms with van der Waals surface area (Å²) in [5.41, 5.74) is 2.36. The molecule has 1 amide bonds. The van der Waals surface area contributed by atoms with Gasteiger partial charge in [-0.25, -0.2) is 0 Å². The van der Waals surface area contributed by atoms with Crippen LogP contribution in [-0.2, 0) is 0 Å². The van der Waals surface area contributed by atoms with Crippen LogP contribution in [0, 0.1) is 6.92 Å². The summed E-state index contributed by atoms with van der Waals surface area (Å²) in [6.07, 6.45) is 0.929. The third-order valence-electron chi connectivity index (χ3n) is 3.67. The molecule has 22 heavy (non-hydrogen) atoms. The molecular weight excluding hydrogens is 274 g/mol. The Morgan fingerprint density at radius 3 is 2.18 bits per heavy atom. The van der Waals surface area contributed by atoms with Crippen molar-refractivity contribution in [2.45, 2.75) is 39.7 Å². The van der Waals surface area contributed by atoms with Crippen molar-refractivity contribution in [3.05, 3.63) is 59.7 Å². The fourth-order valence-corrected chi connectivity index (χ4v) is 1.91. The molecule has 0 saturated heterocycles. The first-order valence-corrected chi connectivity index (χ1v) is 7.57. The maximum Gasteiger partial charge on any atom is 0.255 e. The van der Waals surface area contributed by atoms with Crippen molar-refractivity contribution in [2.24, 2.45) is 0 Å². The molecule has 0 aliphatic rings. The van der Waals surface area contributed by atoms with E-state index in [0.29, 0.717) is 5.56 Å². The Balaban J connectivity index is 2.02. The van der Waals surface area contributed by atoms with Crippen LogP contribution in [0.2, 0.25) is 0 Å². The van der Waals surface area contributed by atoms with E-state index in [4.69, 9.17) is 4.74 Å². The molecular formula is C19H23NO2. The molecule has 0 aliphatic heterocycles. The number of rotatable bonds is 5. The Bertz CT molecular complexity index is 627. The second-order valence-electron chi connectivity index (χ2n) is 6.06. The van der Waals surface area contributed by atoms with Gasteiger partial charge in [0.25, 0.3) is 5.91 Å². The number of carbonyl (C=O) groups excluding carboxylic acids is 1. The molecule has 2 aromatic carbocycles. The normalized spacial score (nSPS) is 11.1. The zero-order valence-corrected chi connectivity index (χ0v) is 13.6. The van der Waals surface area contributed by atoms with E-state index in [1.54, 1.807) is 0 Å². The third kappa shape index (κ3) is 4.35. The molecule has 0 aromatic heterocycles. The van der Waals surface area contributed by atoms with Crippen molar-refractivity contribution in [3.8, 4) is 5.75 Å². The Kier molecular flexibility index (Phi) is 4.86. The monoisotopic (exact) mass is 297 g/mol. The summed E-state index contributed by atoms with van der Waals surface area (Å²) in [7, 11) is 0. The molecule has 0 fully saturated rings. The summed E-state index contributed by atoms with van der Waals surface area (Å²) in [6.45, 7) is 8.20. The van der Waals surface area contributed by atoms with Gasteiger partial charge >= 0.3 is 0 Å². The van der Waals surface area contributed by atoms with E-state index in [1.807, 2.05) is 55.5 Å². The first kappa shape index (κ1) is 16.1. The second-order valence-corrected chi connectivity index (χ2v) is 6.06. The number of carbonyl (C=O) groups is 1. The smallest absolute Gasteiger partial charge is 0.255 e. The maximum atomic E-state index is 12.1. The maximum absolute atomic E-state index is 12.1. The Morgan fingerprint density at radius 1 is 1.05 bits per heavy atom. The number of benzene rings is 2. The number of hydrogen-bond acceptors (Lipinski definition) is 2. The molecule has 3 heteroatoms. The highest BCUT2D eigenvalue weighted by molar-refractivity contribution is 6.04. The highest BCUT2D eigenvalue weighted by Crippen LogP contribution is 2.22. The van der Waals surface area contributed by atoms with Crippen molar-refractivity contribution < 1.29 is 9.53 Å². The molecule has 3 nitrogen and oxygen atoms in total. The molecule has 0 spiro atoms. The number of anilines is 1. The van der Waals surface area contributed by atoms with Crippen LogP contribution in [0.25, 0.3) is 0 Å². The topological polar surface area (TPSA) is 38.3 Å². The Labute approximate surface area is 132 Å². The van der Waals surface area contributed by atoms with Gasteiger partial charge in [-0.2, -0.15) is 0 Å². The van der Waals surface area contributed by atoms with Crippen LogP contribution in [0.1, 0.15) is 43.1 Å².